The van der Waals surface area contributed by atoms with E-state index in [9.17, 15) is 8.78 Å². The van der Waals surface area contributed by atoms with Crippen LogP contribution in [-0.4, -0.2) is 32.2 Å². The molecule has 2 nitrogen and oxygen atoms in total. The summed E-state index contributed by atoms with van der Waals surface area (Å²) in [5.74, 6) is -2.58. The second kappa shape index (κ2) is 2.80. The number of halogens is 2. The van der Waals surface area contributed by atoms with Crippen molar-refractivity contribution < 1.29 is 13.5 Å². The maximum absolute atomic E-state index is 12.5. The molecule has 1 heterocycles. The highest BCUT2D eigenvalue weighted by molar-refractivity contribution is 4.81. The quantitative estimate of drug-likeness (QED) is 0.593. The third-order valence-corrected chi connectivity index (χ3v) is 1.62. The first-order valence-electron chi connectivity index (χ1n) is 3.25. The van der Waals surface area contributed by atoms with E-state index in [1.165, 1.54) is 7.11 Å². The zero-order chi connectivity index (χ0) is 7.61. The van der Waals surface area contributed by atoms with Crippen molar-refractivity contribution in [1.29, 1.82) is 0 Å². The van der Waals surface area contributed by atoms with E-state index >= 15 is 0 Å². The monoisotopic (exact) mass is 151 g/mol. The minimum absolute atomic E-state index is 0.156. The molecule has 1 N–H and O–H groups in total. The van der Waals surface area contributed by atoms with E-state index < -0.39 is 5.92 Å². The van der Waals surface area contributed by atoms with Crippen LogP contribution in [0.1, 0.15) is 6.42 Å². The van der Waals surface area contributed by atoms with Crippen LogP contribution in [0.2, 0.25) is 0 Å². The van der Waals surface area contributed by atoms with Gasteiger partial charge in [0.15, 0.2) is 0 Å². The van der Waals surface area contributed by atoms with E-state index in [2.05, 4.69) is 5.32 Å². The van der Waals surface area contributed by atoms with Crippen LogP contribution in [0.3, 0.4) is 0 Å². The van der Waals surface area contributed by atoms with Gasteiger partial charge in [-0.2, -0.15) is 0 Å². The van der Waals surface area contributed by atoms with Crippen molar-refractivity contribution >= 4 is 0 Å². The van der Waals surface area contributed by atoms with Crippen LogP contribution in [0.15, 0.2) is 0 Å². The Kier molecular flexibility index (Phi) is 2.21. The summed E-state index contributed by atoms with van der Waals surface area (Å²) in [4.78, 5) is 0. The fourth-order valence-electron chi connectivity index (χ4n) is 1.06. The van der Waals surface area contributed by atoms with E-state index in [4.69, 9.17) is 4.74 Å². The van der Waals surface area contributed by atoms with Crippen LogP contribution in [0.25, 0.3) is 0 Å². The molecule has 1 saturated heterocycles. The van der Waals surface area contributed by atoms with Crippen LogP contribution in [0, 0.1) is 0 Å². The van der Waals surface area contributed by atoms with Crippen LogP contribution in [-0.2, 0) is 4.74 Å². The molecule has 0 aromatic carbocycles. The highest BCUT2D eigenvalue weighted by Gasteiger charge is 2.36. The van der Waals surface area contributed by atoms with Crippen molar-refractivity contribution in [3.05, 3.63) is 0 Å². The number of hydrogen-bond donors (Lipinski definition) is 1. The van der Waals surface area contributed by atoms with Crippen molar-refractivity contribution in [2.45, 2.75) is 18.4 Å². The molecule has 0 bridgehead atoms. The molecular weight excluding hydrogens is 140 g/mol. The van der Waals surface area contributed by atoms with Gasteiger partial charge in [-0.1, -0.05) is 0 Å². The van der Waals surface area contributed by atoms with Gasteiger partial charge in [-0.05, 0) is 0 Å². The minimum Gasteiger partial charge on any atom is -0.380 e. The molecule has 0 radical (unpaired) electrons. The molecule has 0 aromatic heterocycles. The maximum Gasteiger partial charge on any atom is 0.262 e. The van der Waals surface area contributed by atoms with Crippen LogP contribution in [0.4, 0.5) is 8.78 Å². The van der Waals surface area contributed by atoms with E-state index in [0.717, 1.165) is 0 Å². The predicted octanol–water partition coefficient (Wildman–Crippen LogP) is 0.630. The first kappa shape index (κ1) is 7.88. The van der Waals surface area contributed by atoms with Gasteiger partial charge in [-0.15, -0.1) is 0 Å². The minimum atomic E-state index is -2.58. The molecule has 1 aliphatic rings. The second-order valence-corrected chi connectivity index (χ2v) is 2.55. The summed E-state index contributed by atoms with van der Waals surface area (Å²) in [5, 5.41) is 2.60. The molecule has 0 aromatic rings. The number of piperidine rings is 1. The van der Waals surface area contributed by atoms with Crippen LogP contribution >= 0.6 is 0 Å². The summed E-state index contributed by atoms with van der Waals surface area (Å²) in [7, 11) is 1.45. The number of alkyl halides is 2. The normalized spacial score (nSPS) is 32.1. The molecule has 1 rings (SSSR count). The Balaban J connectivity index is 2.40. The molecular formula is C6H11F2NO. The molecule has 0 unspecified atom stereocenters. The largest absolute Gasteiger partial charge is 0.380 e. The van der Waals surface area contributed by atoms with Crippen molar-refractivity contribution in [2.24, 2.45) is 0 Å². The molecule has 60 valence electrons. The Hall–Kier alpha value is -0.220. The summed E-state index contributed by atoms with van der Waals surface area (Å²) < 4.78 is 29.8. The molecule has 0 aliphatic carbocycles. The van der Waals surface area contributed by atoms with Gasteiger partial charge in [0, 0.05) is 20.1 Å². The number of methoxy groups -OCH3 is 1. The van der Waals surface area contributed by atoms with E-state index in [0.29, 0.717) is 6.54 Å². The van der Waals surface area contributed by atoms with Crippen LogP contribution < -0.4 is 5.32 Å². The fourth-order valence-corrected chi connectivity index (χ4v) is 1.06. The molecule has 4 heteroatoms. The molecule has 1 fully saturated rings. The lowest BCUT2D eigenvalue weighted by atomic mass is 10.1. The molecule has 10 heavy (non-hydrogen) atoms. The van der Waals surface area contributed by atoms with Gasteiger partial charge in [0.1, 0.15) is 0 Å². The van der Waals surface area contributed by atoms with Crippen molar-refractivity contribution in [1.82, 2.24) is 5.32 Å². The number of ether oxygens (including phenoxy) is 1. The Labute approximate surface area is 58.6 Å². The highest BCUT2D eigenvalue weighted by atomic mass is 19.3. The highest BCUT2D eigenvalue weighted by Crippen LogP contribution is 2.23. The van der Waals surface area contributed by atoms with E-state index in [1.807, 2.05) is 0 Å². The lowest BCUT2D eigenvalue weighted by molar-refractivity contribution is -0.0741. The Morgan fingerprint density at radius 2 is 2.30 bits per heavy atom. The van der Waals surface area contributed by atoms with Gasteiger partial charge in [-0.3, -0.25) is 0 Å². The lowest BCUT2D eigenvalue weighted by Gasteiger charge is -2.28. The van der Waals surface area contributed by atoms with Crippen molar-refractivity contribution in [3.8, 4) is 0 Å². The van der Waals surface area contributed by atoms with E-state index in [1.54, 1.807) is 0 Å². The number of nitrogens with one attached hydrogen (secondary N) is 1. The van der Waals surface area contributed by atoms with Gasteiger partial charge in [0.2, 0.25) is 0 Å². The summed E-state index contributed by atoms with van der Waals surface area (Å²) in [5.41, 5.74) is 0. The maximum atomic E-state index is 12.5. The van der Waals surface area contributed by atoms with Gasteiger partial charge >= 0.3 is 0 Å². The fraction of sp³-hybridized carbons (Fsp3) is 1.00. The average Bonchev–Trinajstić information content (AvgIpc) is 1.86. The van der Waals surface area contributed by atoms with Gasteiger partial charge in [-0.25, -0.2) is 8.78 Å². The van der Waals surface area contributed by atoms with Crippen molar-refractivity contribution in [2.75, 3.05) is 20.2 Å². The average molecular weight is 151 g/mol. The number of hydrogen-bond acceptors (Lipinski definition) is 2. The second-order valence-electron chi connectivity index (χ2n) is 2.55. The third-order valence-electron chi connectivity index (χ3n) is 1.62. The summed E-state index contributed by atoms with van der Waals surface area (Å²) in [6.07, 6.45) is -0.486. The number of rotatable bonds is 1. The zero-order valence-electron chi connectivity index (χ0n) is 5.86. The summed E-state index contributed by atoms with van der Waals surface area (Å²) in [6.45, 7) is 0.318. The molecule has 1 aliphatic heterocycles. The molecule has 0 spiro atoms. The molecule has 0 amide bonds. The van der Waals surface area contributed by atoms with Gasteiger partial charge in [0.25, 0.3) is 5.92 Å². The molecule has 0 saturated carbocycles. The summed E-state index contributed by atoms with van der Waals surface area (Å²) >= 11 is 0. The topological polar surface area (TPSA) is 21.3 Å². The summed E-state index contributed by atoms with van der Waals surface area (Å²) in [6, 6.07) is 0. The first-order chi connectivity index (χ1) is 4.64. The standard InChI is InChI=1S/C6H11F2NO/c1-10-5-2-6(7,8)4-9-3-5/h5,9H,2-4H2,1H3/t5-/m1/s1. The third kappa shape index (κ3) is 1.88. The SMILES string of the molecule is CO[C@H]1CNCC(F)(F)C1. The van der Waals surface area contributed by atoms with Gasteiger partial charge < -0.3 is 10.1 Å². The van der Waals surface area contributed by atoms with E-state index in [-0.39, 0.29) is 19.1 Å². The Morgan fingerprint density at radius 3 is 2.70 bits per heavy atom. The van der Waals surface area contributed by atoms with Crippen molar-refractivity contribution in [3.63, 3.8) is 0 Å². The van der Waals surface area contributed by atoms with Crippen LogP contribution in [0.5, 0.6) is 0 Å². The molecule has 1 atom stereocenters. The van der Waals surface area contributed by atoms with Gasteiger partial charge in [0.05, 0.1) is 12.6 Å². The Bertz CT molecular complexity index is 118. The Morgan fingerprint density at radius 1 is 1.60 bits per heavy atom. The zero-order valence-corrected chi connectivity index (χ0v) is 5.86. The first-order valence-corrected chi connectivity index (χ1v) is 3.25. The predicted molar refractivity (Wildman–Crippen MR) is 33.2 cm³/mol. The lowest BCUT2D eigenvalue weighted by Crippen LogP contribution is -2.47. The smallest absolute Gasteiger partial charge is 0.262 e.